The van der Waals surface area contributed by atoms with Crippen molar-refractivity contribution >= 4 is 27.3 Å². The van der Waals surface area contributed by atoms with Crippen LogP contribution in [0.25, 0.3) is 0 Å². The van der Waals surface area contributed by atoms with Crippen LogP contribution in [-0.4, -0.2) is 18.0 Å². The van der Waals surface area contributed by atoms with Crippen molar-refractivity contribution in [3.05, 3.63) is 33.9 Å². The number of piperidine rings is 1. The number of hydrogen-bond donors (Lipinski definition) is 0. The molecule has 0 spiro atoms. The van der Waals surface area contributed by atoms with Gasteiger partial charge in [-0.1, -0.05) is 28.9 Å². The minimum absolute atomic E-state index is 0.224. The molecule has 0 radical (unpaired) electrons. The topological polar surface area (TPSA) is 46.4 Å². The zero-order chi connectivity index (χ0) is 13.1. The Kier molecular flexibility index (Phi) is 4.22. The highest BCUT2D eigenvalue weighted by atomic mass is 79.9. The Hall–Kier alpha value is -1.10. The molecule has 0 aromatic heterocycles. The number of nitrogens with zero attached hydrogens (tertiary/aromatic N) is 2. The standard InChI is InChI=1S/C13H17BrN2O2/c1-10-4-6-15(7-5-10)12-3-2-11(9-14)8-13(12)16(17)18/h2-3,8,10H,4-7,9H2,1H3. The van der Waals surface area contributed by atoms with Crippen molar-refractivity contribution in [2.24, 2.45) is 5.92 Å². The van der Waals surface area contributed by atoms with Crippen LogP contribution in [0.4, 0.5) is 11.4 Å². The quantitative estimate of drug-likeness (QED) is 0.485. The van der Waals surface area contributed by atoms with Crippen molar-refractivity contribution in [1.82, 2.24) is 0 Å². The zero-order valence-electron chi connectivity index (χ0n) is 10.4. The van der Waals surface area contributed by atoms with Crippen molar-refractivity contribution in [2.45, 2.75) is 25.1 Å². The van der Waals surface area contributed by atoms with Gasteiger partial charge in [0, 0.05) is 24.5 Å². The average Bonchev–Trinajstić information content (AvgIpc) is 2.39. The van der Waals surface area contributed by atoms with Crippen LogP contribution < -0.4 is 4.90 Å². The third-order valence-electron chi connectivity index (χ3n) is 3.52. The smallest absolute Gasteiger partial charge is 0.292 e. The van der Waals surface area contributed by atoms with E-state index in [0.29, 0.717) is 5.33 Å². The van der Waals surface area contributed by atoms with Gasteiger partial charge >= 0.3 is 0 Å². The number of alkyl halides is 1. The van der Waals surface area contributed by atoms with E-state index in [2.05, 4.69) is 27.8 Å². The predicted octanol–water partition coefficient (Wildman–Crippen LogP) is 3.73. The molecule has 1 saturated heterocycles. The van der Waals surface area contributed by atoms with Gasteiger partial charge in [-0.15, -0.1) is 0 Å². The molecular weight excluding hydrogens is 296 g/mol. The lowest BCUT2D eigenvalue weighted by Crippen LogP contribution is -2.33. The van der Waals surface area contributed by atoms with Gasteiger partial charge in [0.2, 0.25) is 0 Å². The summed E-state index contributed by atoms with van der Waals surface area (Å²) in [4.78, 5) is 13.0. The van der Waals surface area contributed by atoms with E-state index in [4.69, 9.17) is 0 Å². The Morgan fingerprint density at radius 2 is 2.11 bits per heavy atom. The van der Waals surface area contributed by atoms with Crippen LogP contribution in [-0.2, 0) is 5.33 Å². The molecule has 1 aromatic rings. The molecule has 0 atom stereocenters. The van der Waals surface area contributed by atoms with Crippen molar-refractivity contribution in [1.29, 1.82) is 0 Å². The maximum Gasteiger partial charge on any atom is 0.292 e. The number of nitro groups is 1. The number of halogens is 1. The normalized spacial score (nSPS) is 16.9. The highest BCUT2D eigenvalue weighted by Crippen LogP contribution is 2.32. The first-order chi connectivity index (χ1) is 8.61. The summed E-state index contributed by atoms with van der Waals surface area (Å²) in [6, 6.07) is 5.50. The summed E-state index contributed by atoms with van der Waals surface area (Å²) in [5.41, 5.74) is 1.92. The second-order valence-corrected chi connectivity index (χ2v) is 5.44. The van der Waals surface area contributed by atoms with Crippen LogP contribution in [0.2, 0.25) is 0 Å². The van der Waals surface area contributed by atoms with Gasteiger partial charge in [0.15, 0.2) is 0 Å². The zero-order valence-corrected chi connectivity index (χ0v) is 12.0. The SMILES string of the molecule is CC1CCN(c2ccc(CBr)cc2[N+](=O)[O-])CC1. The van der Waals surface area contributed by atoms with Crippen LogP contribution >= 0.6 is 15.9 Å². The lowest BCUT2D eigenvalue weighted by molar-refractivity contribution is -0.384. The Balaban J connectivity index is 2.29. The molecule has 0 N–H and O–H groups in total. The van der Waals surface area contributed by atoms with E-state index in [-0.39, 0.29) is 10.6 Å². The molecule has 1 aromatic carbocycles. The Morgan fingerprint density at radius 1 is 1.44 bits per heavy atom. The van der Waals surface area contributed by atoms with Gasteiger partial charge < -0.3 is 4.90 Å². The van der Waals surface area contributed by atoms with E-state index in [1.165, 1.54) is 0 Å². The lowest BCUT2D eigenvalue weighted by atomic mass is 9.98. The highest BCUT2D eigenvalue weighted by molar-refractivity contribution is 9.08. The minimum Gasteiger partial charge on any atom is -0.366 e. The minimum atomic E-state index is -0.278. The maximum absolute atomic E-state index is 11.2. The Labute approximate surface area is 115 Å². The predicted molar refractivity (Wildman–Crippen MR) is 76.3 cm³/mol. The molecule has 1 fully saturated rings. The Morgan fingerprint density at radius 3 is 2.67 bits per heavy atom. The van der Waals surface area contributed by atoms with Crippen LogP contribution in [0.15, 0.2) is 18.2 Å². The van der Waals surface area contributed by atoms with Gasteiger partial charge in [0.05, 0.1) is 4.92 Å². The van der Waals surface area contributed by atoms with Gasteiger partial charge in [-0.3, -0.25) is 10.1 Å². The molecule has 98 valence electrons. The third-order valence-corrected chi connectivity index (χ3v) is 4.16. The van der Waals surface area contributed by atoms with Crippen LogP contribution in [0.1, 0.15) is 25.3 Å². The molecule has 0 bridgehead atoms. The second kappa shape index (κ2) is 5.69. The van der Waals surface area contributed by atoms with Crippen molar-refractivity contribution < 1.29 is 4.92 Å². The molecule has 5 heteroatoms. The number of hydrogen-bond acceptors (Lipinski definition) is 3. The van der Waals surface area contributed by atoms with E-state index in [1.54, 1.807) is 6.07 Å². The fourth-order valence-corrected chi connectivity index (χ4v) is 2.66. The number of rotatable bonds is 3. The van der Waals surface area contributed by atoms with E-state index in [0.717, 1.165) is 43.1 Å². The van der Waals surface area contributed by atoms with Crippen molar-refractivity contribution in [3.63, 3.8) is 0 Å². The summed E-state index contributed by atoms with van der Waals surface area (Å²) >= 11 is 3.33. The second-order valence-electron chi connectivity index (χ2n) is 4.88. The van der Waals surface area contributed by atoms with E-state index < -0.39 is 0 Å². The van der Waals surface area contributed by atoms with Gasteiger partial charge in [-0.25, -0.2) is 0 Å². The summed E-state index contributed by atoms with van der Waals surface area (Å²) in [5, 5.41) is 11.8. The molecule has 1 aliphatic rings. The van der Waals surface area contributed by atoms with Crippen LogP contribution in [0.3, 0.4) is 0 Å². The molecule has 0 saturated carbocycles. The molecule has 0 amide bonds. The van der Waals surface area contributed by atoms with E-state index in [1.807, 2.05) is 12.1 Å². The maximum atomic E-state index is 11.2. The van der Waals surface area contributed by atoms with Crippen molar-refractivity contribution in [2.75, 3.05) is 18.0 Å². The third kappa shape index (κ3) is 2.83. The first kappa shape index (κ1) is 13.3. The molecule has 18 heavy (non-hydrogen) atoms. The summed E-state index contributed by atoms with van der Waals surface area (Å²) in [6.07, 6.45) is 2.22. The van der Waals surface area contributed by atoms with E-state index >= 15 is 0 Å². The fraction of sp³-hybridized carbons (Fsp3) is 0.538. The number of nitro benzene ring substituents is 1. The summed E-state index contributed by atoms with van der Waals surface area (Å²) < 4.78 is 0. The lowest BCUT2D eigenvalue weighted by Gasteiger charge is -2.31. The molecule has 0 unspecified atom stereocenters. The fourth-order valence-electron chi connectivity index (χ4n) is 2.32. The first-order valence-electron chi connectivity index (χ1n) is 6.20. The average molecular weight is 313 g/mol. The van der Waals surface area contributed by atoms with Gasteiger partial charge in [-0.05, 0) is 30.4 Å². The monoisotopic (exact) mass is 312 g/mol. The molecule has 4 nitrogen and oxygen atoms in total. The number of anilines is 1. The summed E-state index contributed by atoms with van der Waals surface area (Å²) in [5.74, 6) is 0.724. The number of benzene rings is 1. The van der Waals surface area contributed by atoms with Gasteiger partial charge in [0.1, 0.15) is 5.69 Å². The molecular formula is C13H17BrN2O2. The van der Waals surface area contributed by atoms with Crippen LogP contribution in [0, 0.1) is 16.0 Å². The molecule has 1 aliphatic heterocycles. The molecule has 2 rings (SSSR count). The largest absolute Gasteiger partial charge is 0.366 e. The van der Waals surface area contributed by atoms with Crippen LogP contribution in [0.5, 0.6) is 0 Å². The Bertz CT molecular complexity index is 443. The van der Waals surface area contributed by atoms with Gasteiger partial charge in [0.25, 0.3) is 5.69 Å². The van der Waals surface area contributed by atoms with Crippen molar-refractivity contribution in [3.8, 4) is 0 Å². The highest BCUT2D eigenvalue weighted by Gasteiger charge is 2.23. The van der Waals surface area contributed by atoms with E-state index in [9.17, 15) is 10.1 Å². The summed E-state index contributed by atoms with van der Waals surface area (Å²) in [7, 11) is 0. The summed E-state index contributed by atoms with van der Waals surface area (Å²) in [6.45, 7) is 4.06. The molecule has 0 aliphatic carbocycles. The first-order valence-corrected chi connectivity index (χ1v) is 7.32. The van der Waals surface area contributed by atoms with Gasteiger partial charge in [-0.2, -0.15) is 0 Å². The molecule has 1 heterocycles.